The van der Waals surface area contributed by atoms with E-state index in [0.717, 1.165) is 12.8 Å². The van der Waals surface area contributed by atoms with Gasteiger partial charge in [-0.3, -0.25) is 9.69 Å². The zero-order valence-corrected chi connectivity index (χ0v) is 20.9. The molecule has 1 unspecified atom stereocenters. The van der Waals surface area contributed by atoms with Gasteiger partial charge in [0, 0.05) is 51.3 Å². The summed E-state index contributed by atoms with van der Waals surface area (Å²) in [6.45, 7) is 4.31. The highest BCUT2D eigenvalue weighted by Crippen LogP contribution is 2.34. The first-order chi connectivity index (χ1) is 17.9. The number of hydrogen-bond acceptors (Lipinski definition) is 10. The average Bonchev–Trinajstić information content (AvgIpc) is 3.61. The van der Waals surface area contributed by atoms with Crippen molar-refractivity contribution in [3.05, 3.63) is 40.2 Å². The molecule has 13 heteroatoms. The fourth-order valence-corrected chi connectivity index (χ4v) is 4.56. The second-order valence-corrected chi connectivity index (χ2v) is 9.56. The number of halogens is 1. The SMILES string of the molecule is CC(=O)N1CCN(CC(O)c2cc(C#N)cc(Nc3nc(NC4CC4)c4ncc(C#N)n4n3)c2Cl)CC1. The summed E-state index contributed by atoms with van der Waals surface area (Å²) in [6, 6.07) is 7.59. The Labute approximate surface area is 218 Å². The Bertz CT molecular complexity index is 1430. The number of aromatic nitrogens is 4. The number of fused-ring (bicyclic) bond motifs is 1. The molecule has 3 aromatic rings. The molecule has 3 heterocycles. The van der Waals surface area contributed by atoms with E-state index < -0.39 is 6.10 Å². The fraction of sp³-hybridized carbons (Fsp3) is 0.417. The number of imidazole rings is 1. The summed E-state index contributed by atoms with van der Waals surface area (Å²) in [5, 5.41) is 41.1. The van der Waals surface area contributed by atoms with Crippen LogP contribution in [0.15, 0.2) is 18.3 Å². The fourth-order valence-electron chi connectivity index (χ4n) is 4.28. The molecule has 1 aromatic carbocycles. The van der Waals surface area contributed by atoms with Gasteiger partial charge >= 0.3 is 0 Å². The molecule has 37 heavy (non-hydrogen) atoms. The van der Waals surface area contributed by atoms with Crippen molar-refractivity contribution in [1.82, 2.24) is 29.4 Å². The number of carbonyl (C=O) groups excluding carboxylic acids is 1. The predicted octanol–water partition coefficient (Wildman–Crippen LogP) is 2.04. The van der Waals surface area contributed by atoms with E-state index in [1.54, 1.807) is 24.0 Å². The van der Waals surface area contributed by atoms with E-state index in [0.29, 0.717) is 67.0 Å². The van der Waals surface area contributed by atoms with Crippen molar-refractivity contribution in [1.29, 1.82) is 10.5 Å². The van der Waals surface area contributed by atoms with Crippen molar-refractivity contribution in [2.75, 3.05) is 43.4 Å². The van der Waals surface area contributed by atoms with E-state index >= 15 is 0 Å². The smallest absolute Gasteiger partial charge is 0.247 e. The maximum Gasteiger partial charge on any atom is 0.247 e. The monoisotopic (exact) mass is 520 g/mol. The molecule has 3 N–H and O–H groups in total. The molecule has 1 aliphatic carbocycles. The van der Waals surface area contributed by atoms with E-state index in [1.807, 2.05) is 0 Å². The minimum atomic E-state index is -0.959. The average molecular weight is 521 g/mol. The molecule has 5 rings (SSSR count). The van der Waals surface area contributed by atoms with Gasteiger partial charge in [-0.15, -0.1) is 5.10 Å². The molecule has 1 atom stereocenters. The topological polar surface area (TPSA) is 158 Å². The molecule has 190 valence electrons. The third-order valence-corrected chi connectivity index (χ3v) is 6.90. The molecule has 12 nitrogen and oxygen atoms in total. The van der Waals surface area contributed by atoms with Crippen LogP contribution < -0.4 is 10.6 Å². The number of benzene rings is 1. The number of nitrogens with one attached hydrogen (secondary N) is 2. The predicted molar refractivity (Wildman–Crippen MR) is 135 cm³/mol. The number of rotatable bonds is 7. The Morgan fingerprint density at radius 2 is 2.00 bits per heavy atom. The Hall–Kier alpha value is -3.97. The molecule has 1 saturated carbocycles. The highest BCUT2D eigenvalue weighted by Gasteiger charge is 2.26. The highest BCUT2D eigenvalue weighted by molar-refractivity contribution is 6.34. The van der Waals surface area contributed by atoms with Crippen LogP contribution in [0.2, 0.25) is 5.02 Å². The first kappa shape index (κ1) is 24.7. The number of amides is 1. The van der Waals surface area contributed by atoms with Crippen LogP contribution in [-0.2, 0) is 4.79 Å². The maximum atomic E-state index is 11.6. The lowest BCUT2D eigenvalue weighted by Gasteiger charge is -2.35. The number of β-amino-alcohol motifs (C(OH)–C–C–N with tert-alkyl or cyclic N) is 1. The first-order valence-corrected chi connectivity index (χ1v) is 12.3. The number of nitrogens with zero attached hydrogens (tertiary/aromatic N) is 8. The van der Waals surface area contributed by atoms with E-state index in [9.17, 15) is 20.4 Å². The summed E-state index contributed by atoms with van der Waals surface area (Å²) in [4.78, 5) is 24.2. The molecule has 0 bridgehead atoms. The van der Waals surface area contributed by atoms with Gasteiger partial charge in [-0.05, 0) is 25.0 Å². The number of aliphatic hydroxyl groups excluding tert-OH is 1. The third kappa shape index (κ3) is 5.27. The van der Waals surface area contributed by atoms with Crippen molar-refractivity contribution in [3.63, 3.8) is 0 Å². The van der Waals surface area contributed by atoms with Crippen molar-refractivity contribution in [2.24, 2.45) is 0 Å². The Morgan fingerprint density at radius 1 is 1.24 bits per heavy atom. The largest absolute Gasteiger partial charge is 0.387 e. The quantitative estimate of drug-likeness (QED) is 0.420. The second-order valence-electron chi connectivity index (χ2n) is 9.18. The van der Waals surface area contributed by atoms with Crippen LogP contribution >= 0.6 is 11.6 Å². The zero-order chi connectivity index (χ0) is 26.1. The minimum absolute atomic E-state index is 0.0363. The lowest BCUT2D eigenvalue weighted by Crippen LogP contribution is -2.48. The van der Waals surface area contributed by atoms with Crippen LogP contribution in [0, 0.1) is 22.7 Å². The Kier molecular flexibility index (Phi) is 6.80. The summed E-state index contributed by atoms with van der Waals surface area (Å²) >= 11 is 6.71. The van der Waals surface area contributed by atoms with Crippen LogP contribution in [0.25, 0.3) is 5.65 Å². The Balaban J connectivity index is 1.42. The van der Waals surface area contributed by atoms with E-state index in [4.69, 9.17) is 11.6 Å². The van der Waals surface area contributed by atoms with Gasteiger partial charge in [0.2, 0.25) is 11.9 Å². The molecule has 1 aliphatic heterocycles. The van der Waals surface area contributed by atoms with Gasteiger partial charge in [-0.2, -0.15) is 20.0 Å². The summed E-state index contributed by atoms with van der Waals surface area (Å²) in [6.07, 6.45) is 2.51. The van der Waals surface area contributed by atoms with E-state index in [1.165, 1.54) is 10.7 Å². The van der Waals surface area contributed by atoms with Gasteiger partial charge in [-0.25, -0.2) is 4.98 Å². The first-order valence-electron chi connectivity index (χ1n) is 11.9. The standard InChI is InChI=1S/C24H25ClN10O2/c1-14(36)34-6-4-33(5-7-34)13-20(37)18-8-15(10-26)9-19(21(18)25)30-24-31-22(29-16-2-3-16)23-28-12-17(11-27)35(23)32-24/h8-9,12,16,20,37H,2-7,13H2,1H3,(H2,29,30,31,32). The highest BCUT2D eigenvalue weighted by atomic mass is 35.5. The molecule has 2 aromatic heterocycles. The van der Waals surface area contributed by atoms with Crippen molar-refractivity contribution >= 4 is 40.6 Å². The molecule has 0 radical (unpaired) electrons. The van der Waals surface area contributed by atoms with Gasteiger partial charge in [0.15, 0.2) is 17.2 Å². The molecule has 2 fully saturated rings. The van der Waals surface area contributed by atoms with Gasteiger partial charge in [-0.1, -0.05) is 11.6 Å². The molecule has 1 amide bonds. The van der Waals surface area contributed by atoms with Gasteiger partial charge in [0.1, 0.15) is 6.07 Å². The van der Waals surface area contributed by atoms with Crippen LogP contribution in [0.3, 0.4) is 0 Å². The number of piperazine rings is 1. The minimum Gasteiger partial charge on any atom is -0.387 e. The maximum absolute atomic E-state index is 11.6. The lowest BCUT2D eigenvalue weighted by molar-refractivity contribution is -0.130. The second kappa shape index (κ2) is 10.2. The normalized spacial score (nSPS) is 16.7. The number of anilines is 3. The van der Waals surface area contributed by atoms with Gasteiger partial charge in [0.05, 0.1) is 34.6 Å². The van der Waals surface area contributed by atoms with E-state index in [2.05, 4.69) is 42.7 Å². The van der Waals surface area contributed by atoms with Gasteiger partial charge < -0.3 is 20.6 Å². The summed E-state index contributed by atoms with van der Waals surface area (Å²) in [7, 11) is 0. The van der Waals surface area contributed by atoms with E-state index in [-0.39, 0.29) is 22.6 Å². The molecular formula is C24H25ClN10O2. The van der Waals surface area contributed by atoms with Crippen molar-refractivity contribution in [2.45, 2.75) is 31.9 Å². The lowest BCUT2D eigenvalue weighted by atomic mass is 10.0. The molecule has 0 spiro atoms. The zero-order valence-electron chi connectivity index (χ0n) is 20.1. The van der Waals surface area contributed by atoms with Crippen molar-refractivity contribution < 1.29 is 9.90 Å². The third-order valence-electron chi connectivity index (χ3n) is 6.48. The van der Waals surface area contributed by atoms with Gasteiger partial charge in [0.25, 0.3) is 0 Å². The summed E-state index contributed by atoms with van der Waals surface area (Å²) < 4.78 is 1.40. The van der Waals surface area contributed by atoms with Crippen LogP contribution in [0.1, 0.15) is 42.7 Å². The molecule has 1 saturated heterocycles. The molecule has 2 aliphatic rings. The number of nitriles is 2. The van der Waals surface area contributed by atoms with Crippen LogP contribution in [0.5, 0.6) is 0 Å². The summed E-state index contributed by atoms with van der Waals surface area (Å²) in [5.41, 5.74) is 1.74. The summed E-state index contributed by atoms with van der Waals surface area (Å²) in [5.74, 6) is 0.677. The number of aliphatic hydroxyl groups is 1. The van der Waals surface area contributed by atoms with Crippen LogP contribution in [-0.4, -0.2) is 79.2 Å². The number of hydrogen-bond donors (Lipinski definition) is 3. The van der Waals surface area contributed by atoms with Crippen LogP contribution in [0.4, 0.5) is 17.5 Å². The Morgan fingerprint density at radius 3 is 2.65 bits per heavy atom. The molecular weight excluding hydrogens is 496 g/mol. The van der Waals surface area contributed by atoms with Crippen molar-refractivity contribution in [3.8, 4) is 12.1 Å². The number of carbonyl (C=O) groups is 1.